The Morgan fingerprint density at radius 1 is 1.06 bits per heavy atom. The second kappa shape index (κ2) is 8.89. The Labute approximate surface area is 207 Å². The van der Waals surface area contributed by atoms with Crippen LogP contribution < -0.4 is 0 Å². The number of carbonyl (C=O) groups excluding carboxylic acids is 2. The molecule has 2 atom stereocenters. The van der Waals surface area contributed by atoms with Crippen LogP contribution in [0.15, 0.2) is 53.1 Å². The van der Waals surface area contributed by atoms with Crippen LogP contribution in [-0.2, 0) is 32.7 Å². The van der Waals surface area contributed by atoms with Gasteiger partial charge < -0.3 is 9.32 Å². The number of hydrogen-bond acceptors (Lipinski definition) is 5. The van der Waals surface area contributed by atoms with Gasteiger partial charge >= 0.3 is 0 Å². The van der Waals surface area contributed by atoms with Crippen LogP contribution in [0.3, 0.4) is 0 Å². The van der Waals surface area contributed by atoms with Gasteiger partial charge in [-0.15, -0.1) is 0 Å². The zero-order valence-corrected chi connectivity index (χ0v) is 21.3. The van der Waals surface area contributed by atoms with Crippen molar-refractivity contribution in [1.29, 1.82) is 0 Å². The summed E-state index contributed by atoms with van der Waals surface area (Å²) in [5.41, 5.74) is -0.220. The van der Waals surface area contributed by atoms with Crippen LogP contribution in [0.2, 0.25) is 0 Å². The van der Waals surface area contributed by atoms with E-state index in [1.165, 1.54) is 4.31 Å². The molecule has 1 amide bonds. The van der Waals surface area contributed by atoms with E-state index in [0.717, 1.165) is 24.8 Å². The van der Waals surface area contributed by atoms with E-state index in [2.05, 4.69) is 0 Å². The summed E-state index contributed by atoms with van der Waals surface area (Å²) >= 11 is 0. The molecule has 2 aromatic rings. The topological polar surface area (TPSA) is 87.9 Å². The summed E-state index contributed by atoms with van der Waals surface area (Å²) in [5, 5.41) is 0. The smallest absolute Gasteiger partial charge is 0.238 e. The summed E-state index contributed by atoms with van der Waals surface area (Å²) in [7, 11) is -3.81. The van der Waals surface area contributed by atoms with Gasteiger partial charge in [-0.2, -0.15) is 4.31 Å². The molecule has 0 radical (unpaired) electrons. The SMILES string of the molecule is CC1(C)C2CCC1(CS(=O)(=O)N(CC(=O)N(Cc1ccccc1)Cc1ccco1)C1CC1)C(=O)C2. The summed E-state index contributed by atoms with van der Waals surface area (Å²) in [4.78, 5) is 28.2. The molecule has 1 aromatic heterocycles. The van der Waals surface area contributed by atoms with Crippen molar-refractivity contribution in [1.82, 2.24) is 9.21 Å². The molecule has 2 unspecified atom stereocenters. The lowest BCUT2D eigenvalue weighted by Gasteiger charge is -2.38. The van der Waals surface area contributed by atoms with Crippen molar-refractivity contribution in [3.63, 3.8) is 0 Å². The molecule has 0 saturated heterocycles. The fourth-order valence-electron chi connectivity index (χ4n) is 6.18. The average molecular weight is 499 g/mol. The zero-order chi connectivity index (χ0) is 24.8. The zero-order valence-electron chi connectivity index (χ0n) is 20.5. The number of fused-ring (bicyclic) bond motifs is 2. The van der Waals surface area contributed by atoms with E-state index in [0.29, 0.717) is 25.1 Å². The second-order valence-electron chi connectivity index (χ2n) is 11.0. The fourth-order valence-corrected chi connectivity index (χ4v) is 8.62. The Bertz CT molecular complexity index is 1190. The van der Waals surface area contributed by atoms with Crippen LogP contribution in [0.5, 0.6) is 0 Å². The van der Waals surface area contributed by atoms with Gasteiger partial charge in [0.15, 0.2) is 0 Å². The summed E-state index contributed by atoms with van der Waals surface area (Å²) in [6.45, 7) is 4.49. The van der Waals surface area contributed by atoms with Crippen LogP contribution in [0, 0.1) is 16.7 Å². The monoisotopic (exact) mass is 498 g/mol. The highest BCUT2D eigenvalue weighted by atomic mass is 32.2. The van der Waals surface area contributed by atoms with Gasteiger partial charge in [0.05, 0.1) is 25.1 Å². The van der Waals surface area contributed by atoms with Gasteiger partial charge in [0.2, 0.25) is 15.9 Å². The number of nitrogens with zero attached hydrogens (tertiary/aromatic N) is 2. The van der Waals surface area contributed by atoms with Gasteiger partial charge in [-0.05, 0) is 54.7 Å². The maximum Gasteiger partial charge on any atom is 0.238 e. The van der Waals surface area contributed by atoms with Gasteiger partial charge in [0.25, 0.3) is 0 Å². The first-order valence-corrected chi connectivity index (χ1v) is 14.1. The van der Waals surface area contributed by atoms with Crippen LogP contribution in [0.25, 0.3) is 0 Å². The predicted octanol–water partition coefficient (Wildman–Crippen LogP) is 4.00. The lowest BCUT2D eigenvalue weighted by molar-refractivity contribution is -0.133. The first-order valence-electron chi connectivity index (χ1n) is 12.5. The van der Waals surface area contributed by atoms with E-state index in [-0.39, 0.29) is 47.9 Å². The van der Waals surface area contributed by atoms with Crippen molar-refractivity contribution >= 4 is 21.7 Å². The third-order valence-electron chi connectivity index (χ3n) is 8.67. The van der Waals surface area contributed by atoms with Gasteiger partial charge in [-0.25, -0.2) is 8.42 Å². The maximum atomic E-state index is 13.8. The van der Waals surface area contributed by atoms with E-state index in [1.54, 1.807) is 17.2 Å². The predicted molar refractivity (Wildman–Crippen MR) is 131 cm³/mol. The number of amides is 1. The van der Waals surface area contributed by atoms with E-state index in [4.69, 9.17) is 4.42 Å². The highest BCUT2D eigenvalue weighted by Crippen LogP contribution is 2.64. The molecule has 35 heavy (non-hydrogen) atoms. The van der Waals surface area contributed by atoms with Crippen LogP contribution in [0.4, 0.5) is 0 Å². The lowest BCUT2D eigenvalue weighted by Crippen LogP contribution is -2.49. The quantitative estimate of drug-likeness (QED) is 0.494. The molecule has 2 bridgehead atoms. The van der Waals surface area contributed by atoms with Crippen molar-refractivity contribution in [2.45, 2.75) is 65.1 Å². The Balaban J connectivity index is 1.37. The van der Waals surface area contributed by atoms with E-state index in [1.807, 2.05) is 50.2 Å². The van der Waals surface area contributed by atoms with Crippen molar-refractivity contribution in [2.24, 2.45) is 16.7 Å². The summed E-state index contributed by atoms with van der Waals surface area (Å²) < 4.78 is 34.5. The highest BCUT2D eigenvalue weighted by Gasteiger charge is 2.66. The number of hydrogen-bond donors (Lipinski definition) is 0. The standard InChI is InChI=1S/C27H34N2O5S/c1-26(2)21-12-13-27(26,24(30)15-21)19-35(32,33)29(22-10-11-22)18-25(31)28(17-23-9-6-14-34-23)16-20-7-4-3-5-8-20/h3-9,14,21-22H,10-13,15-19H2,1-2H3. The average Bonchev–Trinajstić information content (AvgIpc) is 3.42. The molecule has 3 fully saturated rings. The minimum atomic E-state index is -3.81. The first-order chi connectivity index (χ1) is 16.6. The molecule has 0 aliphatic heterocycles. The maximum absolute atomic E-state index is 13.8. The van der Waals surface area contributed by atoms with E-state index in [9.17, 15) is 18.0 Å². The molecule has 1 aromatic carbocycles. The van der Waals surface area contributed by atoms with Crippen molar-refractivity contribution in [3.8, 4) is 0 Å². The molecule has 3 saturated carbocycles. The van der Waals surface area contributed by atoms with Crippen LogP contribution >= 0.6 is 0 Å². The second-order valence-corrected chi connectivity index (χ2v) is 12.9. The molecular weight excluding hydrogens is 464 g/mol. The van der Waals surface area contributed by atoms with Gasteiger partial charge in [-0.1, -0.05) is 44.2 Å². The highest BCUT2D eigenvalue weighted by molar-refractivity contribution is 7.89. The van der Waals surface area contributed by atoms with Gasteiger partial charge in [0, 0.05) is 24.4 Å². The summed E-state index contributed by atoms with van der Waals surface area (Å²) in [6.07, 6.45) is 5.04. The largest absolute Gasteiger partial charge is 0.467 e. The minimum Gasteiger partial charge on any atom is -0.467 e. The third kappa shape index (κ3) is 4.47. The van der Waals surface area contributed by atoms with Crippen molar-refractivity contribution in [3.05, 3.63) is 60.1 Å². The lowest BCUT2D eigenvalue weighted by atomic mass is 9.70. The molecular formula is C27H34N2O5S. The number of ketones is 1. The van der Waals surface area contributed by atoms with E-state index < -0.39 is 15.4 Å². The number of furan rings is 1. The number of rotatable bonds is 10. The molecule has 3 aliphatic carbocycles. The molecule has 0 N–H and O–H groups in total. The Morgan fingerprint density at radius 2 is 1.80 bits per heavy atom. The Hall–Kier alpha value is -2.45. The molecule has 5 rings (SSSR count). The number of carbonyl (C=O) groups is 2. The normalized spacial score (nSPS) is 25.3. The fraction of sp³-hybridized carbons (Fsp3) is 0.556. The summed E-state index contributed by atoms with van der Waals surface area (Å²) in [6, 6.07) is 13.1. The number of Topliss-reactive ketones (excluding diaryl/α,β-unsaturated/α-hetero) is 1. The van der Waals surface area contributed by atoms with Crippen LogP contribution in [-0.4, -0.2) is 47.7 Å². The van der Waals surface area contributed by atoms with Gasteiger partial charge in [-0.3, -0.25) is 9.59 Å². The first kappa shape index (κ1) is 24.3. The number of benzene rings is 1. The minimum absolute atomic E-state index is 0.0768. The van der Waals surface area contributed by atoms with Crippen LogP contribution in [0.1, 0.15) is 57.3 Å². The molecule has 7 nitrogen and oxygen atoms in total. The van der Waals surface area contributed by atoms with Crippen molar-refractivity contribution < 1.29 is 22.4 Å². The molecule has 0 spiro atoms. The Morgan fingerprint density at radius 3 is 2.37 bits per heavy atom. The molecule has 8 heteroatoms. The third-order valence-corrected chi connectivity index (χ3v) is 10.7. The van der Waals surface area contributed by atoms with E-state index >= 15 is 0 Å². The molecule has 188 valence electrons. The molecule has 3 aliphatic rings. The Kier molecular flexibility index (Phi) is 6.16. The molecule has 1 heterocycles. The summed E-state index contributed by atoms with van der Waals surface area (Å²) in [5.74, 6) is 0.510. The van der Waals surface area contributed by atoms with Crippen molar-refractivity contribution in [2.75, 3.05) is 12.3 Å². The number of sulfonamides is 1. The van der Waals surface area contributed by atoms with Gasteiger partial charge in [0.1, 0.15) is 11.5 Å².